The minimum absolute atomic E-state index is 0.153. The Morgan fingerprint density at radius 2 is 1.82 bits per heavy atom. The lowest BCUT2D eigenvalue weighted by Gasteiger charge is -2.06. The molecule has 0 fully saturated rings. The van der Waals surface area contributed by atoms with Crippen LogP contribution in [0.4, 0.5) is 10.1 Å². The van der Waals surface area contributed by atoms with Gasteiger partial charge in [0.1, 0.15) is 11.6 Å². The summed E-state index contributed by atoms with van der Waals surface area (Å²) in [6.07, 6.45) is 2.99. The first kappa shape index (κ1) is 16.0. The molecule has 3 nitrogen and oxygen atoms in total. The van der Waals surface area contributed by atoms with Gasteiger partial charge in [-0.25, -0.2) is 4.39 Å². The number of methoxy groups -OCH3 is 1. The predicted octanol–water partition coefficient (Wildman–Crippen LogP) is 4.19. The van der Waals surface area contributed by atoms with Crippen molar-refractivity contribution in [3.05, 3.63) is 59.9 Å². The van der Waals surface area contributed by atoms with Crippen LogP contribution in [-0.2, 0) is 11.2 Å². The van der Waals surface area contributed by atoms with Crippen molar-refractivity contribution in [3.8, 4) is 5.75 Å². The van der Waals surface area contributed by atoms with E-state index in [-0.39, 0.29) is 11.6 Å². The molecule has 116 valence electrons. The Morgan fingerprint density at radius 1 is 1.09 bits per heavy atom. The first-order valence-corrected chi connectivity index (χ1v) is 7.36. The molecular formula is C18H20FNO2. The number of unbranched alkanes of at least 4 members (excludes halogenated alkanes) is 1. The van der Waals surface area contributed by atoms with E-state index in [4.69, 9.17) is 4.74 Å². The van der Waals surface area contributed by atoms with E-state index in [0.717, 1.165) is 25.0 Å². The second kappa shape index (κ2) is 8.17. The maximum Gasteiger partial charge on any atom is 0.224 e. The predicted molar refractivity (Wildman–Crippen MR) is 85.6 cm³/mol. The van der Waals surface area contributed by atoms with Gasteiger partial charge in [-0.1, -0.05) is 24.3 Å². The third-order valence-corrected chi connectivity index (χ3v) is 3.43. The van der Waals surface area contributed by atoms with Crippen molar-refractivity contribution in [2.75, 3.05) is 12.4 Å². The molecular weight excluding hydrogens is 281 g/mol. The summed E-state index contributed by atoms with van der Waals surface area (Å²) in [5.41, 5.74) is 1.46. The highest BCUT2D eigenvalue weighted by atomic mass is 19.1. The number of aryl methyl sites for hydroxylation is 1. The smallest absolute Gasteiger partial charge is 0.224 e. The zero-order chi connectivity index (χ0) is 15.8. The molecule has 1 amide bonds. The van der Waals surface area contributed by atoms with E-state index in [9.17, 15) is 9.18 Å². The molecule has 1 N–H and O–H groups in total. The summed E-state index contributed by atoms with van der Waals surface area (Å²) in [4.78, 5) is 11.8. The van der Waals surface area contributed by atoms with Crippen LogP contribution in [-0.4, -0.2) is 13.0 Å². The van der Waals surface area contributed by atoms with E-state index in [1.165, 1.54) is 11.6 Å². The Bertz CT molecular complexity index is 611. The number of hydrogen-bond acceptors (Lipinski definition) is 2. The van der Waals surface area contributed by atoms with Crippen LogP contribution in [0.2, 0.25) is 0 Å². The Morgan fingerprint density at radius 3 is 2.50 bits per heavy atom. The van der Waals surface area contributed by atoms with Crippen molar-refractivity contribution in [1.29, 1.82) is 0 Å². The standard InChI is InChI=1S/C18H20FNO2/c1-22-15-12-10-14(11-13-15)6-2-5-9-18(21)20-17-8-4-3-7-16(17)19/h3-4,7-8,10-13H,2,5-6,9H2,1H3,(H,20,21). The molecule has 0 saturated carbocycles. The van der Waals surface area contributed by atoms with Gasteiger partial charge in [-0.05, 0) is 49.1 Å². The highest BCUT2D eigenvalue weighted by molar-refractivity contribution is 5.90. The molecule has 2 aromatic carbocycles. The fourth-order valence-electron chi connectivity index (χ4n) is 2.18. The van der Waals surface area contributed by atoms with Crippen molar-refractivity contribution in [3.63, 3.8) is 0 Å². The quantitative estimate of drug-likeness (QED) is 0.779. The maximum absolute atomic E-state index is 13.4. The number of halogens is 1. The first-order chi connectivity index (χ1) is 10.7. The van der Waals surface area contributed by atoms with Gasteiger partial charge in [-0.3, -0.25) is 4.79 Å². The van der Waals surface area contributed by atoms with Crippen LogP contribution < -0.4 is 10.1 Å². The molecule has 0 aromatic heterocycles. The minimum atomic E-state index is -0.408. The SMILES string of the molecule is COc1ccc(CCCCC(=O)Nc2ccccc2F)cc1. The number of ether oxygens (including phenoxy) is 1. The molecule has 0 aliphatic carbocycles. The zero-order valence-corrected chi connectivity index (χ0v) is 12.6. The van der Waals surface area contributed by atoms with Crippen LogP contribution in [0.1, 0.15) is 24.8 Å². The average molecular weight is 301 g/mol. The summed E-state index contributed by atoms with van der Waals surface area (Å²) in [7, 11) is 1.64. The molecule has 0 heterocycles. The normalized spacial score (nSPS) is 10.3. The Kier molecular flexibility index (Phi) is 5.95. The summed E-state index contributed by atoms with van der Waals surface area (Å²) in [5, 5.41) is 2.59. The molecule has 2 aromatic rings. The number of carbonyl (C=O) groups is 1. The fraction of sp³-hybridized carbons (Fsp3) is 0.278. The Balaban J connectivity index is 1.69. The molecule has 4 heteroatoms. The second-order valence-corrected chi connectivity index (χ2v) is 5.08. The Hall–Kier alpha value is -2.36. The first-order valence-electron chi connectivity index (χ1n) is 7.36. The summed E-state index contributed by atoms with van der Waals surface area (Å²) >= 11 is 0. The van der Waals surface area contributed by atoms with Crippen LogP contribution in [0.25, 0.3) is 0 Å². The van der Waals surface area contributed by atoms with Crippen molar-refractivity contribution >= 4 is 11.6 Å². The van der Waals surface area contributed by atoms with Gasteiger partial charge in [0.25, 0.3) is 0 Å². The van der Waals surface area contributed by atoms with Crippen molar-refractivity contribution < 1.29 is 13.9 Å². The average Bonchev–Trinajstić information content (AvgIpc) is 2.54. The lowest BCUT2D eigenvalue weighted by molar-refractivity contribution is -0.116. The van der Waals surface area contributed by atoms with Gasteiger partial charge in [0.2, 0.25) is 5.91 Å². The van der Waals surface area contributed by atoms with E-state index in [1.54, 1.807) is 25.3 Å². The molecule has 0 saturated heterocycles. The number of benzene rings is 2. The van der Waals surface area contributed by atoms with Gasteiger partial charge < -0.3 is 10.1 Å². The van der Waals surface area contributed by atoms with Gasteiger partial charge >= 0.3 is 0 Å². The molecule has 0 radical (unpaired) electrons. The highest BCUT2D eigenvalue weighted by Gasteiger charge is 2.06. The van der Waals surface area contributed by atoms with Gasteiger partial charge in [-0.15, -0.1) is 0 Å². The molecule has 22 heavy (non-hydrogen) atoms. The molecule has 0 atom stereocenters. The minimum Gasteiger partial charge on any atom is -0.497 e. The summed E-state index contributed by atoms with van der Waals surface area (Å²) in [6, 6.07) is 14.1. The number of nitrogens with one attached hydrogen (secondary N) is 1. The van der Waals surface area contributed by atoms with Gasteiger partial charge in [0.05, 0.1) is 12.8 Å². The van der Waals surface area contributed by atoms with E-state index in [0.29, 0.717) is 6.42 Å². The van der Waals surface area contributed by atoms with Crippen LogP contribution >= 0.6 is 0 Å². The lowest BCUT2D eigenvalue weighted by Crippen LogP contribution is -2.12. The fourth-order valence-corrected chi connectivity index (χ4v) is 2.18. The molecule has 0 bridgehead atoms. The summed E-state index contributed by atoms with van der Waals surface area (Å²) in [5.74, 6) is 0.280. The molecule has 2 rings (SSSR count). The van der Waals surface area contributed by atoms with Gasteiger partial charge in [0.15, 0.2) is 0 Å². The second-order valence-electron chi connectivity index (χ2n) is 5.08. The molecule has 0 spiro atoms. The lowest BCUT2D eigenvalue weighted by atomic mass is 10.1. The van der Waals surface area contributed by atoms with Gasteiger partial charge in [0, 0.05) is 6.42 Å². The van der Waals surface area contributed by atoms with Crippen LogP contribution in [0.5, 0.6) is 5.75 Å². The molecule has 0 unspecified atom stereocenters. The third-order valence-electron chi connectivity index (χ3n) is 3.43. The highest BCUT2D eigenvalue weighted by Crippen LogP contribution is 2.15. The van der Waals surface area contributed by atoms with Crippen molar-refractivity contribution in [2.24, 2.45) is 0 Å². The number of rotatable bonds is 7. The number of amides is 1. The maximum atomic E-state index is 13.4. The topological polar surface area (TPSA) is 38.3 Å². The molecule has 0 aliphatic heterocycles. The number of para-hydroxylation sites is 1. The van der Waals surface area contributed by atoms with Crippen molar-refractivity contribution in [1.82, 2.24) is 0 Å². The van der Waals surface area contributed by atoms with E-state index < -0.39 is 5.82 Å². The number of hydrogen-bond donors (Lipinski definition) is 1. The van der Waals surface area contributed by atoms with Crippen LogP contribution in [0, 0.1) is 5.82 Å². The van der Waals surface area contributed by atoms with Crippen LogP contribution in [0.15, 0.2) is 48.5 Å². The number of carbonyl (C=O) groups excluding carboxylic acids is 1. The van der Waals surface area contributed by atoms with E-state index in [2.05, 4.69) is 5.32 Å². The zero-order valence-electron chi connectivity index (χ0n) is 12.6. The van der Waals surface area contributed by atoms with Crippen molar-refractivity contribution in [2.45, 2.75) is 25.7 Å². The van der Waals surface area contributed by atoms with E-state index in [1.807, 2.05) is 24.3 Å². The number of anilines is 1. The third kappa shape index (κ3) is 4.88. The van der Waals surface area contributed by atoms with Crippen LogP contribution in [0.3, 0.4) is 0 Å². The summed E-state index contributed by atoms with van der Waals surface area (Å²) in [6.45, 7) is 0. The monoisotopic (exact) mass is 301 g/mol. The Labute approximate surface area is 130 Å². The molecule has 0 aliphatic rings. The summed E-state index contributed by atoms with van der Waals surface area (Å²) < 4.78 is 18.5. The largest absolute Gasteiger partial charge is 0.497 e. The van der Waals surface area contributed by atoms with Gasteiger partial charge in [-0.2, -0.15) is 0 Å². The van der Waals surface area contributed by atoms with E-state index >= 15 is 0 Å².